The van der Waals surface area contributed by atoms with Crippen molar-refractivity contribution < 1.29 is 13.9 Å². The van der Waals surface area contributed by atoms with Gasteiger partial charge in [0.05, 0.1) is 6.54 Å². The standard InChI is InChI=1S/C28H32N6O3S/c35-28(34-16-14-33(15-17-34)27-29-26(30-38-27)22-6-2-1-3-7-22)36-19-18-31-10-12-32(13-11-31)21-24-20-23-8-4-5-9-25(23)37-24/h1-9,20H,10-19,21H2. The van der Waals surface area contributed by atoms with Crippen LogP contribution < -0.4 is 4.90 Å². The van der Waals surface area contributed by atoms with Gasteiger partial charge in [-0.1, -0.05) is 48.5 Å². The van der Waals surface area contributed by atoms with E-state index in [1.807, 2.05) is 48.5 Å². The zero-order valence-corrected chi connectivity index (χ0v) is 22.2. The summed E-state index contributed by atoms with van der Waals surface area (Å²) < 4.78 is 16.1. The summed E-state index contributed by atoms with van der Waals surface area (Å²) in [7, 11) is 0. The van der Waals surface area contributed by atoms with Crippen molar-refractivity contribution >= 4 is 33.7 Å². The lowest BCUT2D eigenvalue weighted by Crippen LogP contribution is -2.50. The van der Waals surface area contributed by atoms with Crippen LogP contribution in [0, 0.1) is 0 Å². The van der Waals surface area contributed by atoms with E-state index in [-0.39, 0.29) is 6.09 Å². The molecule has 4 heterocycles. The fraction of sp³-hybridized carbons (Fsp3) is 0.393. The van der Waals surface area contributed by atoms with Gasteiger partial charge in [0, 0.05) is 81.4 Å². The molecule has 2 aliphatic rings. The van der Waals surface area contributed by atoms with E-state index in [4.69, 9.17) is 14.1 Å². The maximum Gasteiger partial charge on any atom is 0.409 e. The maximum absolute atomic E-state index is 12.6. The fourth-order valence-electron chi connectivity index (χ4n) is 4.99. The molecule has 2 aromatic heterocycles. The highest BCUT2D eigenvalue weighted by molar-refractivity contribution is 7.09. The quantitative estimate of drug-likeness (QED) is 0.353. The van der Waals surface area contributed by atoms with Crippen molar-refractivity contribution in [3.8, 4) is 11.4 Å². The van der Waals surface area contributed by atoms with Gasteiger partial charge in [-0.3, -0.25) is 9.80 Å². The van der Waals surface area contributed by atoms with Crippen LogP contribution in [0.2, 0.25) is 0 Å². The Balaban J connectivity index is 0.890. The van der Waals surface area contributed by atoms with E-state index in [1.165, 1.54) is 11.5 Å². The van der Waals surface area contributed by atoms with Gasteiger partial charge < -0.3 is 19.0 Å². The van der Waals surface area contributed by atoms with Crippen molar-refractivity contribution in [1.29, 1.82) is 0 Å². The predicted molar refractivity (Wildman–Crippen MR) is 148 cm³/mol. The SMILES string of the molecule is O=C(OCCN1CCN(Cc2cc3ccccc3o2)CC1)N1CCN(c2nc(-c3ccccc3)ns2)CC1. The summed E-state index contributed by atoms with van der Waals surface area (Å²) in [4.78, 5) is 26.1. The van der Waals surface area contributed by atoms with Crippen molar-refractivity contribution in [1.82, 2.24) is 24.1 Å². The first-order chi connectivity index (χ1) is 18.7. The molecule has 0 spiro atoms. The van der Waals surface area contributed by atoms with E-state index in [1.54, 1.807) is 4.90 Å². The van der Waals surface area contributed by atoms with E-state index in [0.717, 1.165) is 85.6 Å². The smallest absolute Gasteiger partial charge is 0.409 e. The lowest BCUT2D eigenvalue weighted by atomic mass is 10.2. The van der Waals surface area contributed by atoms with Crippen LogP contribution in [-0.2, 0) is 11.3 Å². The number of hydrogen-bond donors (Lipinski definition) is 0. The highest BCUT2D eigenvalue weighted by atomic mass is 32.1. The van der Waals surface area contributed by atoms with Gasteiger partial charge in [0.25, 0.3) is 0 Å². The molecule has 0 atom stereocenters. The first kappa shape index (κ1) is 24.8. The Morgan fingerprint density at radius 1 is 0.895 bits per heavy atom. The number of hydrogen-bond acceptors (Lipinski definition) is 9. The molecule has 0 bridgehead atoms. The fourth-order valence-corrected chi connectivity index (χ4v) is 5.73. The minimum atomic E-state index is -0.226. The Morgan fingerprint density at radius 3 is 2.42 bits per heavy atom. The molecule has 10 heteroatoms. The van der Waals surface area contributed by atoms with E-state index >= 15 is 0 Å². The molecule has 4 aromatic rings. The summed E-state index contributed by atoms with van der Waals surface area (Å²) in [5.74, 6) is 1.76. The summed E-state index contributed by atoms with van der Waals surface area (Å²) in [5, 5.41) is 2.05. The molecule has 198 valence electrons. The largest absolute Gasteiger partial charge is 0.460 e. The Morgan fingerprint density at radius 2 is 1.63 bits per heavy atom. The van der Waals surface area contributed by atoms with E-state index in [0.29, 0.717) is 19.7 Å². The molecule has 1 amide bonds. The van der Waals surface area contributed by atoms with E-state index < -0.39 is 0 Å². The minimum absolute atomic E-state index is 0.226. The molecule has 0 aliphatic carbocycles. The number of benzene rings is 2. The number of piperazine rings is 2. The summed E-state index contributed by atoms with van der Waals surface area (Å²) in [6, 6.07) is 20.3. The number of aromatic nitrogens is 2. The predicted octanol–water partition coefficient (Wildman–Crippen LogP) is 4.03. The first-order valence-electron chi connectivity index (χ1n) is 13.2. The molecule has 2 aromatic carbocycles. The number of anilines is 1. The van der Waals surface area contributed by atoms with Gasteiger partial charge in [-0.05, 0) is 12.1 Å². The van der Waals surface area contributed by atoms with Crippen LogP contribution in [0.5, 0.6) is 0 Å². The Labute approximate surface area is 226 Å². The first-order valence-corrected chi connectivity index (χ1v) is 14.0. The normalized spacial score (nSPS) is 17.3. The molecule has 9 nitrogen and oxygen atoms in total. The topological polar surface area (TPSA) is 78.2 Å². The number of para-hydroxylation sites is 1. The van der Waals surface area contributed by atoms with Gasteiger partial charge in [-0.15, -0.1) is 0 Å². The number of amides is 1. The molecule has 0 unspecified atom stereocenters. The highest BCUT2D eigenvalue weighted by Crippen LogP contribution is 2.25. The van der Waals surface area contributed by atoms with Gasteiger partial charge in [0.15, 0.2) is 5.82 Å². The number of ether oxygens (including phenoxy) is 1. The lowest BCUT2D eigenvalue weighted by molar-refractivity contribution is 0.0713. The van der Waals surface area contributed by atoms with Crippen LogP contribution >= 0.6 is 11.5 Å². The van der Waals surface area contributed by atoms with Crippen LogP contribution in [0.1, 0.15) is 5.76 Å². The van der Waals surface area contributed by atoms with Crippen molar-refractivity contribution in [3.05, 3.63) is 66.4 Å². The average Bonchev–Trinajstić information content (AvgIpc) is 3.62. The third-order valence-electron chi connectivity index (χ3n) is 7.21. The van der Waals surface area contributed by atoms with Crippen LogP contribution in [-0.4, -0.2) is 95.7 Å². The molecular weight excluding hydrogens is 500 g/mol. The lowest BCUT2D eigenvalue weighted by Gasteiger charge is -2.35. The number of furan rings is 1. The second-order valence-electron chi connectivity index (χ2n) is 9.72. The minimum Gasteiger partial charge on any atom is -0.460 e. The van der Waals surface area contributed by atoms with Gasteiger partial charge in [-0.25, -0.2) is 4.79 Å². The average molecular weight is 533 g/mol. The Bertz CT molecular complexity index is 1310. The summed E-state index contributed by atoms with van der Waals surface area (Å²) in [6.07, 6.45) is -0.226. The molecule has 6 rings (SSSR count). The van der Waals surface area contributed by atoms with Crippen LogP contribution in [0.3, 0.4) is 0 Å². The molecule has 0 radical (unpaired) electrons. The van der Waals surface area contributed by atoms with Gasteiger partial charge in [0.2, 0.25) is 5.13 Å². The van der Waals surface area contributed by atoms with Crippen molar-refractivity contribution in [2.45, 2.75) is 6.54 Å². The monoisotopic (exact) mass is 532 g/mol. The van der Waals surface area contributed by atoms with Crippen molar-refractivity contribution in [3.63, 3.8) is 0 Å². The van der Waals surface area contributed by atoms with E-state index in [2.05, 4.69) is 31.2 Å². The van der Waals surface area contributed by atoms with Crippen LogP contribution in [0.4, 0.5) is 9.93 Å². The third kappa shape index (κ3) is 5.82. The number of carbonyl (C=O) groups excluding carboxylic acids is 1. The van der Waals surface area contributed by atoms with Crippen molar-refractivity contribution in [2.75, 3.05) is 70.4 Å². The second-order valence-corrected chi connectivity index (χ2v) is 10.5. The zero-order valence-electron chi connectivity index (χ0n) is 21.4. The van der Waals surface area contributed by atoms with Gasteiger partial charge >= 0.3 is 6.09 Å². The maximum atomic E-state index is 12.6. The van der Waals surface area contributed by atoms with Crippen molar-refractivity contribution in [2.24, 2.45) is 0 Å². The zero-order chi connectivity index (χ0) is 25.7. The van der Waals surface area contributed by atoms with Gasteiger partial charge in [0.1, 0.15) is 18.0 Å². The third-order valence-corrected chi connectivity index (χ3v) is 7.99. The van der Waals surface area contributed by atoms with E-state index in [9.17, 15) is 4.79 Å². The summed E-state index contributed by atoms with van der Waals surface area (Å²) in [5.41, 5.74) is 1.96. The second kappa shape index (κ2) is 11.5. The summed E-state index contributed by atoms with van der Waals surface area (Å²) >= 11 is 1.41. The molecule has 38 heavy (non-hydrogen) atoms. The molecular formula is C28H32N6O3S. The number of carbonyl (C=O) groups is 1. The number of nitrogens with zero attached hydrogens (tertiary/aromatic N) is 6. The Hall–Kier alpha value is -3.47. The summed E-state index contributed by atoms with van der Waals surface area (Å²) in [6.45, 7) is 8.59. The molecule has 0 N–H and O–H groups in total. The van der Waals surface area contributed by atoms with Gasteiger partial charge in [-0.2, -0.15) is 9.36 Å². The Kier molecular flexibility index (Phi) is 7.52. The molecule has 2 aliphatic heterocycles. The molecule has 2 saturated heterocycles. The number of rotatable bonds is 7. The van der Waals surface area contributed by atoms with Crippen LogP contribution in [0.25, 0.3) is 22.4 Å². The van der Waals surface area contributed by atoms with Crippen LogP contribution in [0.15, 0.2) is 65.1 Å². The molecule has 2 fully saturated rings. The highest BCUT2D eigenvalue weighted by Gasteiger charge is 2.25. The molecule has 0 saturated carbocycles. The number of fused-ring (bicyclic) bond motifs is 1.